The minimum absolute atomic E-state index is 0.763. The molecular weight excluding hydrogens is 226 g/mol. The van der Waals surface area contributed by atoms with E-state index in [1.54, 1.807) is 0 Å². The standard InChI is InChI=1S/C14H25N3O/c1-11(2)9-16-5-7-17(8-6-16)10-14-12(3)15-18-13(14)4/h11H,5-10H2,1-4H3. The maximum Gasteiger partial charge on any atom is 0.138 e. The first kappa shape index (κ1) is 13.6. The molecule has 0 aliphatic carbocycles. The molecule has 0 N–H and O–H groups in total. The number of hydrogen-bond donors (Lipinski definition) is 0. The molecule has 4 nitrogen and oxygen atoms in total. The van der Waals surface area contributed by atoms with Crippen molar-refractivity contribution in [1.82, 2.24) is 15.0 Å². The van der Waals surface area contributed by atoms with Gasteiger partial charge in [-0.3, -0.25) is 4.90 Å². The maximum atomic E-state index is 5.22. The predicted molar refractivity (Wildman–Crippen MR) is 72.5 cm³/mol. The largest absolute Gasteiger partial charge is 0.361 e. The van der Waals surface area contributed by atoms with Gasteiger partial charge in [0.15, 0.2) is 0 Å². The van der Waals surface area contributed by atoms with Crippen molar-refractivity contribution in [1.29, 1.82) is 0 Å². The van der Waals surface area contributed by atoms with E-state index < -0.39 is 0 Å². The molecule has 1 aliphatic rings. The zero-order valence-electron chi connectivity index (χ0n) is 12.1. The van der Waals surface area contributed by atoms with E-state index in [2.05, 4.69) is 28.8 Å². The first-order valence-electron chi connectivity index (χ1n) is 6.92. The Bertz CT molecular complexity index is 359. The second-order valence-corrected chi connectivity index (χ2v) is 5.77. The Morgan fingerprint density at radius 1 is 1.11 bits per heavy atom. The molecule has 18 heavy (non-hydrogen) atoms. The fraction of sp³-hybridized carbons (Fsp3) is 0.786. The Morgan fingerprint density at radius 2 is 1.72 bits per heavy atom. The zero-order valence-corrected chi connectivity index (χ0v) is 12.1. The van der Waals surface area contributed by atoms with Crippen molar-refractivity contribution < 1.29 is 4.52 Å². The lowest BCUT2D eigenvalue weighted by Crippen LogP contribution is -2.46. The SMILES string of the molecule is Cc1noc(C)c1CN1CCN(CC(C)C)CC1. The van der Waals surface area contributed by atoms with Gasteiger partial charge in [-0.25, -0.2) is 0 Å². The Hall–Kier alpha value is -0.870. The third-order valence-corrected chi connectivity index (χ3v) is 3.65. The van der Waals surface area contributed by atoms with E-state index in [4.69, 9.17) is 4.52 Å². The number of aromatic nitrogens is 1. The third-order valence-electron chi connectivity index (χ3n) is 3.65. The molecule has 0 atom stereocenters. The Morgan fingerprint density at radius 3 is 2.22 bits per heavy atom. The van der Waals surface area contributed by atoms with Crippen LogP contribution in [0.2, 0.25) is 0 Å². The summed E-state index contributed by atoms with van der Waals surface area (Å²) in [6, 6.07) is 0. The molecule has 1 fully saturated rings. The van der Waals surface area contributed by atoms with Crippen LogP contribution in [0.1, 0.15) is 30.9 Å². The van der Waals surface area contributed by atoms with E-state index in [9.17, 15) is 0 Å². The van der Waals surface area contributed by atoms with Crippen molar-refractivity contribution in [3.63, 3.8) is 0 Å². The van der Waals surface area contributed by atoms with E-state index >= 15 is 0 Å². The van der Waals surface area contributed by atoms with E-state index in [0.717, 1.165) is 37.0 Å². The molecule has 0 saturated carbocycles. The highest BCUT2D eigenvalue weighted by atomic mass is 16.5. The maximum absolute atomic E-state index is 5.22. The summed E-state index contributed by atoms with van der Waals surface area (Å²) in [5.74, 6) is 1.73. The first-order valence-corrected chi connectivity index (χ1v) is 6.92. The van der Waals surface area contributed by atoms with Gasteiger partial charge >= 0.3 is 0 Å². The summed E-state index contributed by atoms with van der Waals surface area (Å²) in [5, 5.41) is 4.02. The van der Waals surface area contributed by atoms with Crippen molar-refractivity contribution in [2.24, 2.45) is 5.92 Å². The van der Waals surface area contributed by atoms with Crippen LogP contribution < -0.4 is 0 Å². The van der Waals surface area contributed by atoms with Crippen LogP contribution in [0.25, 0.3) is 0 Å². The van der Waals surface area contributed by atoms with Crippen LogP contribution in [0.3, 0.4) is 0 Å². The van der Waals surface area contributed by atoms with Crippen LogP contribution in [0, 0.1) is 19.8 Å². The molecule has 1 aliphatic heterocycles. The van der Waals surface area contributed by atoms with Crippen molar-refractivity contribution in [3.05, 3.63) is 17.0 Å². The van der Waals surface area contributed by atoms with Gasteiger partial charge in [-0.2, -0.15) is 0 Å². The second kappa shape index (κ2) is 5.85. The monoisotopic (exact) mass is 251 g/mol. The smallest absolute Gasteiger partial charge is 0.138 e. The Kier molecular flexibility index (Phi) is 4.40. The quantitative estimate of drug-likeness (QED) is 0.820. The van der Waals surface area contributed by atoms with Gasteiger partial charge in [0, 0.05) is 44.8 Å². The van der Waals surface area contributed by atoms with Crippen LogP contribution in [0.4, 0.5) is 0 Å². The molecule has 0 amide bonds. The minimum atomic E-state index is 0.763. The number of aryl methyl sites for hydroxylation is 2. The molecule has 1 aromatic rings. The summed E-state index contributed by atoms with van der Waals surface area (Å²) in [6.07, 6.45) is 0. The van der Waals surface area contributed by atoms with E-state index in [0.29, 0.717) is 0 Å². The van der Waals surface area contributed by atoms with Gasteiger partial charge in [-0.1, -0.05) is 19.0 Å². The van der Waals surface area contributed by atoms with Crippen LogP contribution in [0.15, 0.2) is 4.52 Å². The fourth-order valence-electron chi connectivity index (χ4n) is 2.60. The highest BCUT2D eigenvalue weighted by Gasteiger charge is 2.19. The predicted octanol–water partition coefficient (Wildman–Crippen LogP) is 2.07. The van der Waals surface area contributed by atoms with Crippen molar-refractivity contribution in [2.75, 3.05) is 32.7 Å². The summed E-state index contributed by atoms with van der Waals surface area (Å²) >= 11 is 0. The van der Waals surface area contributed by atoms with Gasteiger partial charge in [0.25, 0.3) is 0 Å². The first-order chi connectivity index (χ1) is 8.56. The van der Waals surface area contributed by atoms with E-state index in [1.807, 2.05) is 13.8 Å². The lowest BCUT2D eigenvalue weighted by Gasteiger charge is -2.35. The number of piperazine rings is 1. The molecule has 0 aromatic carbocycles. The Labute approximate surface area is 110 Å². The second-order valence-electron chi connectivity index (χ2n) is 5.77. The third kappa shape index (κ3) is 3.33. The minimum Gasteiger partial charge on any atom is -0.361 e. The molecule has 0 spiro atoms. The zero-order chi connectivity index (χ0) is 13.1. The molecule has 4 heteroatoms. The van der Waals surface area contributed by atoms with Crippen molar-refractivity contribution >= 4 is 0 Å². The molecule has 2 heterocycles. The van der Waals surface area contributed by atoms with Gasteiger partial charge in [-0.15, -0.1) is 0 Å². The lowest BCUT2D eigenvalue weighted by molar-refractivity contribution is 0.117. The summed E-state index contributed by atoms with van der Waals surface area (Å²) in [6.45, 7) is 15.5. The average molecular weight is 251 g/mol. The van der Waals surface area contributed by atoms with Gasteiger partial charge < -0.3 is 9.42 Å². The van der Waals surface area contributed by atoms with Crippen molar-refractivity contribution in [2.45, 2.75) is 34.2 Å². The van der Waals surface area contributed by atoms with E-state index in [-0.39, 0.29) is 0 Å². The van der Waals surface area contributed by atoms with Gasteiger partial charge in [0.1, 0.15) is 5.76 Å². The summed E-state index contributed by atoms with van der Waals surface area (Å²) < 4.78 is 5.22. The number of rotatable bonds is 4. The average Bonchev–Trinajstić information content (AvgIpc) is 2.63. The van der Waals surface area contributed by atoms with Crippen LogP contribution in [0.5, 0.6) is 0 Å². The molecule has 0 bridgehead atoms. The normalized spacial score (nSPS) is 18.7. The summed E-state index contributed by atoms with van der Waals surface area (Å²) in [4.78, 5) is 5.07. The van der Waals surface area contributed by atoms with Crippen LogP contribution in [-0.2, 0) is 6.54 Å². The summed E-state index contributed by atoms with van der Waals surface area (Å²) in [7, 11) is 0. The molecule has 0 radical (unpaired) electrons. The van der Waals surface area contributed by atoms with Crippen molar-refractivity contribution in [3.8, 4) is 0 Å². The molecule has 102 valence electrons. The molecular formula is C14H25N3O. The molecule has 2 rings (SSSR count). The lowest BCUT2D eigenvalue weighted by atomic mass is 10.1. The number of nitrogens with zero attached hydrogens (tertiary/aromatic N) is 3. The molecule has 0 unspecified atom stereocenters. The fourth-order valence-corrected chi connectivity index (χ4v) is 2.60. The van der Waals surface area contributed by atoms with Gasteiger partial charge in [-0.05, 0) is 19.8 Å². The highest BCUT2D eigenvalue weighted by molar-refractivity contribution is 5.20. The topological polar surface area (TPSA) is 32.5 Å². The van der Waals surface area contributed by atoms with Crippen LogP contribution >= 0.6 is 0 Å². The number of hydrogen-bond acceptors (Lipinski definition) is 4. The van der Waals surface area contributed by atoms with Crippen LogP contribution in [-0.4, -0.2) is 47.7 Å². The Balaban J connectivity index is 1.84. The van der Waals surface area contributed by atoms with E-state index in [1.165, 1.54) is 25.2 Å². The van der Waals surface area contributed by atoms with Gasteiger partial charge in [0.05, 0.1) is 5.69 Å². The highest BCUT2D eigenvalue weighted by Crippen LogP contribution is 2.16. The molecule has 1 saturated heterocycles. The van der Waals surface area contributed by atoms with Gasteiger partial charge in [0.2, 0.25) is 0 Å². The molecule has 1 aromatic heterocycles. The summed E-state index contributed by atoms with van der Waals surface area (Å²) in [5.41, 5.74) is 2.31.